The molecule has 1 unspecified atom stereocenters. The van der Waals surface area contributed by atoms with E-state index < -0.39 is 0 Å². The number of nitrogens with one attached hydrogen (secondary N) is 2. The van der Waals surface area contributed by atoms with Gasteiger partial charge in [0.25, 0.3) is 0 Å². The summed E-state index contributed by atoms with van der Waals surface area (Å²) in [5.74, 6) is 2.54. The van der Waals surface area contributed by atoms with Gasteiger partial charge in [0.15, 0.2) is 5.96 Å². The third-order valence-corrected chi connectivity index (χ3v) is 5.35. The van der Waals surface area contributed by atoms with Gasteiger partial charge in [-0.15, -0.1) is 0 Å². The number of guanidine groups is 1. The summed E-state index contributed by atoms with van der Waals surface area (Å²) in [4.78, 5) is 7.00. The summed E-state index contributed by atoms with van der Waals surface area (Å²) in [5.41, 5.74) is 0. The minimum atomic E-state index is 0.490. The van der Waals surface area contributed by atoms with Crippen LogP contribution in [0.5, 0.6) is 11.5 Å². The van der Waals surface area contributed by atoms with Gasteiger partial charge in [-0.1, -0.05) is 12.8 Å². The van der Waals surface area contributed by atoms with Crippen LogP contribution in [0.2, 0.25) is 0 Å². The number of rotatable bonds is 7. The van der Waals surface area contributed by atoms with Crippen molar-refractivity contribution in [2.45, 2.75) is 44.2 Å². The molecule has 2 fully saturated rings. The van der Waals surface area contributed by atoms with Crippen LogP contribution in [0, 0.1) is 0 Å². The van der Waals surface area contributed by atoms with Crippen molar-refractivity contribution >= 4 is 5.96 Å². The van der Waals surface area contributed by atoms with Gasteiger partial charge >= 0.3 is 0 Å². The van der Waals surface area contributed by atoms with E-state index in [1.54, 1.807) is 7.11 Å². The summed E-state index contributed by atoms with van der Waals surface area (Å²) in [6.07, 6.45) is 6.75. The number of benzene rings is 1. The molecular weight excluding hydrogens is 328 g/mol. The molecule has 6 heteroatoms. The summed E-state index contributed by atoms with van der Waals surface area (Å²) < 4.78 is 10.9. The number of hydrogen-bond donors (Lipinski definition) is 2. The maximum absolute atomic E-state index is 5.75. The largest absolute Gasteiger partial charge is 0.497 e. The molecule has 26 heavy (non-hydrogen) atoms. The van der Waals surface area contributed by atoms with Gasteiger partial charge in [0.1, 0.15) is 18.1 Å². The molecule has 3 rings (SSSR count). The highest BCUT2D eigenvalue weighted by Gasteiger charge is 2.30. The van der Waals surface area contributed by atoms with Crippen molar-refractivity contribution < 1.29 is 9.47 Å². The summed E-state index contributed by atoms with van der Waals surface area (Å²) in [5, 5.41) is 6.90. The minimum absolute atomic E-state index is 0.490. The highest BCUT2D eigenvalue weighted by Crippen LogP contribution is 2.26. The fourth-order valence-electron chi connectivity index (χ4n) is 3.90. The van der Waals surface area contributed by atoms with E-state index in [4.69, 9.17) is 9.47 Å². The van der Waals surface area contributed by atoms with Crippen LogP contribution in [0.1, 0.15) is 32.1 Å². The molecule has 144 valence electrons. The number of hydrogen-bond acceptors (Lipinski definition) is 4. The molecule has 0 bridgehead atoms. The lowest BCUT2D eigenvalue weighted by molar-refractivity contribution is 0.242. The predicted molar refractivity (Wildman–Crippen MR) is 105 cm³/mol. The average molecular weight is 361 g/mol. The molecular formula is C20H32N4O2. The molecule has 1 aromatic rings. The standard InChI is InChI=1S/C20H32N4O2/c1-21-20(22-12-14-26-19-9-7-18(25-2)8-10-19)23-16-11-13-24(15-16)17-5-3-4-6-17/h7-10,16-17H,3-6,11-15H2,1-2H3,(H2,21,22,23). The highest BCUT2D eigenvalue weighted by atomic mass is 16.5. The third-order valence-electron chi connectivity index (χ3n) is 5.35. The number of ether oxygens (including phenoxy) is 2. The summed E-state index contributed by atoms with van der Waals surface area (Å²) in [7, 11) is 3.49. The van der Waals surface area contributed by atoms with Gasteiger partial charge in [0.2, 0.25) is 0 Å². The zero-order valence-electron chi connectivity index (χ0n) is 16.0. The molecule has 0 spiro atoms. The Morgan fingerprint density at radius 2 is 1.88 bits per heavy atom. The first-order chi connectivity index (χ1) is 12.8. The van der Waals surface area contributed by atoms with Crippen molar-refractivity contribution in [2.24, 2.45) is 4.99 Å². The third kappa shape index (κ3) is 5.27. The van der Waals surface area contributed by atoms with Crippen LogP contribution in [-0.2, 0) is 0 Å². The molecule has 1 atom stereocenters. The van der Waals surface area contributed by atoms with Crippen LogP contribution < -0.4 is 20.1 Å². The Morgan fingerprint density at radius 3 is 2.58 bits per heavy atom. The molecule has 1 saturated carbocycles. The first-order valence-corrected chi connectivity index (χ1v) is 9.76. The van der Waals surface area contributed by atoms with Crippen LogP contribution in [-0.4, -0.2) is 63.3 Å². The van der Waals surface area contributed by atoms with Gasteiger partial charge in [-0.3, -0.25) is 9.89 Å². The molecule has 2 N–H and O–H groups in total. The number of likely N-dealkylation sites (tertiary alicyclic amines) is 1. The lowest BCUT2D eigenvalue weighted by Gasteiger charge is -2.24. The first-order valence-electron chi connectivity index (χ1n) is 9.76. The summed E-state index contributed by atoms with van der Waals surface area (Å²) in [6.45, 7) is 3.64. The summed E-state index contributed by atoms with van der Waals surface area (Å²) >= 11 is 0. The minimum Gasteiger partial charge on any atom is -0.497 e. The maximum atomic E-state index is 5.75. The second-order valence-electron chi connectivity index (χ2n) is 7.09. The van der Waals surface area contributed by atoms with Crippen molar-refractivity contribution in [3.05, 3.63) is 24.3 Å². The van der Waals surface area contributed by atoms with Crippen molar-refractivity contribution in [3.63, 3.8) is 0 Å². The average Bonchev–Trinajstić information content (AvgIpc) is 3.36. The molecule has 0 radical (unpaired) electrons. The molecule has 0 amide bonds. The van der Waals surface area contributed by atoms with E-state index in [0.29, 0.717) is 19.2 Å². The van der Waals surface area contributed by atoms with Crippen LogP contribution in [0.4, 0.5) is 0 Å². The van der Waals surface area contributed by atoms with Gasteiger partial charge in [-0.05, 0) is 43.5 Å². The zero-order valence-corrected chi connectivity index (χ0v) is 16.0. The highest BCUT2D eigenvalue weighted by molar-refractivity contribution is 5.80. The van der Waals surface area contributed by atoms with Crippen molar-refractivity contribution in [3.8, 4) is 11.5 Å². The van der Waals surface area contributed by atoms with Crippen molar-refractivity contribution in [1.29, 1.82) is 0 Å². The van der Waals surface area contributed by atoms with E-state index in [1.165, 1.54) is 38.6 Å². The second-order valence-corrected chi connectivity index (χ2v) is 7.09. The number of aliphatic imine (C=N–C) groups is 1. The topological polar surface area (TPSA) is 58.1 Å². The maximum Gasteiger partial charge on any atom is 0.191 e. The monoisotopic (exact) mass is 360 g/mol. The predicted octanol–water partition coefficient (Wildman–Crippen LogP) is 2.26. The Hall–Kier alpha value is -1.95. The van der Waals surface area contributed by atoms with Gasteiger partial charge in [-0.25, -0.2) is 0 Å². The van der Waals surface area contributed by atoms with E-state index in [-0.39, 0.29) is 0 Å². The van der Waals surface area contributed by atoms with E-state index in [2.05, 4.69) is 20.5 Å². The fraction of sp³-hybridized carbons (Fsp3) is 0.650. The lowest BCUT2D eigenvalue weighted by atomic mass is 10.2. The molecule has 0 aromatic heterocycles. The van der Waals surface area contributed by atoms with Crippen molar-refractivity contribution in [1.82, 2.24) is 15.5 Å². The van der Waals surface area contributed by atoms with Gasteiger partial charge in [0, 0.05) is 32.2 Å². The SMILES string of the molecule is CN=C(NCCOc1ccc(OC)cc1)NC1CCN(C2CCCC2)C1. The van der Waals surface area contributed by atoms with Crippen LogP contribution in [0.15, 0.2) is 29.3 Å². The van der Waals surface area contributed by atoms with E-state index in [9.17, 15) is 0 Å². The van der Waals surface area contributed by atoms with E-state index >= 15 is 0 Å². The molecule has 1 saturated heterocycles. The molecule has 2 aliphatic rings. The van der Waals surface area contributed by atoms with E-state index in [0.717, 1.165) is 30.0 Å². The molecule has 1 aliphatic heterocycles. The quantitative estimate of drug-likeness (QED) is 0.444. The van der Waals surface area contributed by atoms with Crippen LogP contribution >= 0.6 is 0 Å². The molecule has 6 nitrogen and oxygen atoms in total. The zero-order chi connectivity index (χ0) is 18.2. The number of nitrogens with zero attached hydrogens (tertiary/aromatic N) is 2. The Morgan fingerprint density at radius 1 is 1.15 bits per heavy atom. The lowest BCUT2D eigenvalue weighted by Crippen LogP contribution is -2.46. The molecule has 1 aliphatic carbocycles. The van der Waals surface area contributed by atoms with Crippen LogP contribution in [0.3, 0.4) is 0 Å². The molecule has 1 aromatic carbocycles. The second kappa shape index (κ2) is 9.67. The molecule has 1 heterocycles. The smallest absolute Gasteiger partial charge is 0.191 e. The van der Waals surface area contributed by atoms with Crippen molar-refractivity contribution in [2.75, 3.05) is 40.4 Å². The fourth-order valence-corrected chi connectivity index (χ4v) is 3.90. The normalized spacial score (nSPS) is 21.8. The Kier molecular flexibility index (Phi) is 7.00. The van der Waals surface area contributed by atoms with Gasteiger partial charge in [-0.2, -0.15) is 0 Å². The Balaban J connectivity index is 1.34. The van der Waals surface area contributed by atoms with Crippen LogP contribution in [0.25, 0.3) is 0 Å². The Bertz CT molecular complexity index is 570. The van der Waals surface area contributed by atoms with E-state index in [1.807, 2.05) is 31.3 Å². The Labute approximate surface area is 157 Å². The van der Waals surface area contributed by atoms with Gasteiger partial charge in [0.05, 0.1) is 13.7 Å². The van der Waals surface area contributed by atoms with Gasteiger partial charge < -0.3 is 20.1 Å². The summed E-state index contributed by atoms with van der Waals surface area (Å²) in [6, 6.07) is 8.95. The number of methoxy groups -OCH3 is 1. The first kappa shape index (κ1) is 18.8.